The first-order valence-electron chi connectivity index (χ1n) is 5.64. The lowest BCUT2D eigenvalue weighted by Crippen LogP contribution is -2.06. The molecule has 0 aliphatic heterocycles. The van der Waals surface area contributed by atoms with Crippen LogP contribution in [0.25, 0.3) is 0 Å². The number of thioether (sulfide) groups is 1. The predicted molar refractivity (Wildman–Crippen MR) is 82.8 cm³/mol. The lowest BCUT2D eigenvalue weighted by molar-refractivity contribution is -0.116. The Kier molecular flexibility index (Phi) is 5.43. The second kappa shape index (κ2) is 7.08. The van der Waals surface area contributed by atoms with E-state index < -0.39 is 0 Å². The summed E-state index contributed by atoms with van der Waals surface area (Å²) in [7, 11) is 0. The predicted octanol–water partition coefficient (Wildman–Crippen LogP) is 4.40. The van der Waals surface area contributed by atoms with E-state index in [1.54, 1.807) is 6.20 Å². The summed E-state index contributed by atoms with van der Waals surface area (Å²) < 4.78 is 0.914. The summed E-state index contributed by atoms with van der Waals surface area (Å²) in [5.41, 5.74) is 0.792. The highest BCUT2D eigenvalue weighted by Gasteiger charge is 2.06. The lowest BCUT2D eigenvalue weighted by Gasteiger charge is -2.02. The van der Waals surface area contributed by atoms with Gasteiger partial charge in [0.1, 0.15) is 5.78 Å². The van der Waals surface area contributed by atoms with Crippen LogP contribution in [0.1, 0.15) is 5.69 Å². The molecule has 0 aliphatic carbocycles. The molecule has 0 radical (unpaired) electrons. The number of hydrogen-bond donors (Lipinski definition) is 0. The Morgan fingerprint density at radius 3 is 2.84 bits per heavy atom. The summed E-state index contributed by atoms with van der Waals surface area (Å²) in [5.74, 6) is 0.581. The van der Waals surface area contributed by atoms with Crippen LogP contribution in [-0.4, -0.2) is 16.5 Å². The van der Waals surface area contributed by atoms with Gasteiger partial charge < -0.3 is 0 Å². The SMILES string of the molecule is O=C(CSc1cccc(Cl)c1)Cc1ccc(Br)cn1. The first-order chi connectivity index (χ1) is 9.13. The third-order valence-corrected chi connectivity index (χ3v) is 4.12. The van der Waals surface area contributed by atoms with E-state index in [0.29, 0.717) is 17.2 Å². The normalized spacial score (nSPS) is 10.4. The van der Waals surface area contributed by atoms with Crippen molar-refractivity contribution in [1.29, 1.82) is 0 Å². The van der Waals surface area contributed by atoms with E-state index in [2.05, 4.69) is 20.9 Å². The minimum atomic E-state index is 0.153. The zero-order valence-corrected chi connectivity index (χ0v) is 13.1. The van der Waals surface area contributed by atoms with Gasteiger partial charge in [0, 0.05) is 32.7 Å². The summed E-state index contributed by atoms with van der Waals surface area (Å²) in [5, 5.41) is 0.687. The number of carbonyl (C=O) groups excluding carboxylic acids is 1. The Bertz CT molecular complexity index is 574. The van der Waals surface area contributed by atoms with Crippen LogP contribution in [0.15, 0.2) is 52.0 Å². The molecule has 2 rings (SSSR count). The van der Waals surface area contributed by atoms with E-state index in [-0.39, 0.29) is 5.78 Å². The Balaban J connectivity index is 1.86. The smallest absolute Gasteiger partial charge is 0.149 e. The van der Waals surface area contributed by atoms with Crippen molar-refractivity contribution in [2.45, 2.75) is 11.3 Å². The molecule has 0 atom stereocenters. The van der Waals surface area contributed by atoms with Gasteiger partial charge in [0.15, 0.2) is 0 Å². The van der Waals surface area contributed by atoms with Gasteiger partial charge >= 0.3 is 0 Å². The van der Waals surface area contributed by atoms with E-state index in [0.717, 1.165) is 15.1 Å². The number of Topliss-reactive ketones (excluding diaryl/α,β-unsaturated/α-hetero) is 1. The third kappa shape index (κ3) is 4.97. The van der Waals surface area contributed by atoms with Crippen molar-refractivity contribution in [2.75, 3.05) is 5.75 Å². The molecular weight excluding hydrogens is 346 g/mol. The molecule has 0 amide bonds. The molecular formula is C14H11BrClNOS. The van der Waals surface area contributed by atoms with Gasteiger partial charge in [-0.3, -0.25) is 9.78 Å². The number of nitrogens with zero attached hydrogens (tertiary/aromatic N) is 1. The number of rotatable bonds is 5. The van der Waals surface area contributed by atoms with Crippen molar-refractivity contribution in [1.82, 2.24) is 4.98 Å². The number of hydrogen-bond acceptors (Lipinski definition) is 3. The molecule has 5 heteroatoms. The lowest BCUT2D eigenvalue weighted by atomic mass is 10.2. The summed E-state index contributed by atoms with van der Waals surface area (Å²) in [6.45, 7) is 0. The number of carbonyl (C=O) groups is 1. The molecule has 0 N–H and O–H groups in total. The number of halogens is 2. The van der Waals surface area contributed by atoms with Gasteiger partial charge in [-0.25, -0.2) is 0 Å². The van der Waals surface area contributed by atoms with E-state index in [1.165, 1.54) is 11.8 Å². The Morgan fingerprint density at radius 2 is 2.16 bits per heavy atom. The summed E-state index contributed by atoms with van der Waals surface area (Å²) in [6, 6.07) is 11.2. The maximum absolute atomic E-state index is 11.9. The monoisotopic (exact) mass is 355 g/mol. The average molecular weight is 357 g/mol. The van der Waals surface area contributed by atoms with E-state index in [1.807, 2.05) is 36.4 Å². The molecule has 98 valence electrons. The third-order valence-electron chi connectivity index (χ3n) is 2.36. The van der Waals surface area contributed by atoms with Crippen LogP contribution in [0, 0.1) is 0 Å². The maximum Gasteiger partial charge on any atom is 0.149 e. The van der Waals surface area contributed by atoms with Crippen LogP contribution < -0.4 is 0 Å². The molecule has 0 aliphatic rings. The topological polar surface area (TPSA) is 30.0 Å². The fraction of sp³-hybridized carbons (Fsp3) is 0.143. The summed E-state index contributed by atoms with van der Waals surface area (Å²) in [6.07, 6.45) is 2.06. The molecule has 0 saturated heterocycles. The van der Waals surface area contributed by atoms with Gasteiger partial charge in [-0.1, -0.05) is 17.7 Å². The molecule has 0 bridgehead atoms. The van der Waals surface area contributed by atoms with Crippen LogP contribution >= 0.6 is 39.3 Å². The fourth-order valence-corrected chi connectivity index (χ4v) is 2.79. The molecule has 19 heavy (non-hydrogen) atoms. The molecule has 2 aromatic rings. The molecule has 0 spiro atoms. The van der Waals surface area contributed by atoms with Gasteiger partial charge in [0.25, 0.3) is 0 Å². The highest BCUT2D eigenvalue weighted by molar-refractivity contribution is 9.10. The van der Waals surface area contributed by atoms with Gasteiger partial charge in [0.2, 0.25) is 0 Å². The first kappa shape index (κ1) is 14.6. The Labute approximate surface area is 129 Å². The van der Waals surface area contributed by atoms with E-state index in [9.17, 15) is 4.79 Å². The van der Waals surface area contributed by atoms with E-state index in [4.69, 9.17) is 11.6 Å². The van der Waals surface area contributed by atoms with Gasteiger partial charge in [-0.05, 0) is 46.3 Å². The van der Waals surface area contributed by atoms with Crippen molar-refractivity contribution in [3.63, 3.8) is 0 Å². The Hall–Kier alpha value is -0.840. The molecule has 1 aromatic carbocycles. The standard InChI is InChI=1S/C14H11BrClNOS/c15-10-4-5-12(17-8-10)7-13(18)9-19-14-3-1-2-11(16)6-14/h1-6,8H,7,9H2. The van der Waals surface area contributed by atoms with Crippen molar-refractivity contribution in [3.05, 3.63) is 57.8 Å². The molecule has 1 aromatic heterocycles. The molecule has 0 saturated carbocycles. The van der Waals surface area contributed by atoms with Crippen LogP contribution in [0.3, 0.4) is 0 Å². The van der Waals surface area contributed by atoms with Crippen molar-refractivity contribution in [3.8, 4) is 0 Å². The number of benzene rings is 1. The minimum Gasteiger partial charge on any atom is -0.298 e. The second-order valence-corrected chi connectivity index (χ2v) is 6.33. The summed E-state index contributed by atoms with van der Waals surface area (Å²) >= 11 is 10.7. The Morgan fingerprint density at radius 1 is 1.32 bits per heavy atom. The number of ketones is 1. The van der Waals surface area contributed by atoms with Gasteiger partial charge in [-0.2, -0.15) is 0 Å². The average Bonchev–Trinajstić information content (AvgIpc) is 2.39. The number of pyridine rings is 1. The summed E-state index contributed by atoms with van der Waals surface area (Å²) in [4.78, 5) is 17.0. The zero-order chi connectivity index (χ0) is 13.7. The van der Waals surface area contributed by atoms with Gasteiger partial charge in [-0.15, -0.1) is 11.8 Å². The van der Waals surface area contributed by atoms with Gasteiger partial charge in [0.05, 0.1) is 5.75 Å². The van der Waals surface area contributed by atoms with E-state index >= 15 is 0 Å². The van der Waals surface area contributed by atoms with Crippen LogP contribution in [0.2, 0.25) is 5.02 Å². The highest BCUT2D eigenvalue weighted by atomic mass is 79.9. The van der Waals surface area contributed by atoms with Crippen molar-refractivity contribution >= 4 is 45.1 Å². The van der Waals surface area contributed by atoms with Crippen LogP contribution in [0.5, 0.6) is 0 Å². The highest BCUT2D eigenvalue weighted by Crippen LogP contribution is 2.21. The molecule has 0 fully saturated rings. The maximum atomic E-state index is 11.9. The minimum absolute atomic E-state index is 0.153. The largest absolute Gasteiger partial charge is 0.298 e. The quantitative estimate of drug-likeness (QED) is 0.744. The fourth-order valence-electron chi connectivity index (χ4n) is 1.48. The number of aromatic nitrogens is 1. The zero-order valence-electron chi connectivity index (χ0n) is 9.98. The first-order valence-corrected chi connectivity index (χ1v) is 7.79. The molecule has 2 nitrogen and oxygen atoms in total. The molecule has 1 heterocycles. The second-order valence-electron chi connectivity index (χ2n) is 3.93. The molecule has 0 unspecified atom stereocenters. The van der Waals surface area contributed by atoms with Crippen LogP contribution in [-0.2, 0) is 11.2 Å². The van der Waals surface area contributed by atoms with Crippen molar-refractivity contribution < 1.29 is 4.79 Å². The van der Waals surface area contributed by atoms with Crippen molar-refractivity contribution in [2.24, 2.45) is 0 Å². The van der Waals surface area contributed by atoms with Crippen LogP contribution in [0.4, 0.5) is 0 Å².